The Bertz CT molecular complexity index is 1210. The number of alkyl halides is 6. The number of likely N-dealkylation sites (N-methyl/N-ethyl adjacent to an activating group) is 1. The smallest absolute Gasteiger partial charge is 0.490 e. The number of hydrogen-bond donors (Lipinski definition) is 2. The second-order valence-electron chi connectivity index (χ2n) is 10.8. The molecule has 1 aromatic carbocycles. The summed E-state index contributed by atoms with van der Waals surface area (Å²) in [6.07, 6.45) is -7.57. The fourth-order valence-electron chi connectivity index (χ4n) is 4.93. The number of urea groups is 1. The van der Waals surface area contributed by atoms with Gasteiger partial charge in [-0.2, -0.15) is 4.99 Å². The topological polar surface area (TPSA) is 105 Å². The zero-order valence-electron chi connectivity index (χ0n) is 24.9. The summed E-state index contributed by atoms with van der Waals surface area (Å²) < 4.78 is 87.9. The Kier molecular flexibility index (Phi) is 12.7. The van der Waals surface area contributed by atoms with Gasteiger partial charge in [0.05, 0.1) is 5.92 Å². The molecule has 1 heterocycles. The molecule has 2 aliphatic rings. The van der Waals surface area contributed by atoms with Gasteiger partial charge in [-0.15, -0.1) is 26.3 Å². The lowest BCUT2D eigenvalue weighted by Crippen LogP contribution is -2.47. The van der Waals surface area contributed by atoms with Gasteiger partial charge in [-0.1, -0.05) is 12.7 Å². The summed E-state index contributed by atoms with van der Waals surface area (Å²) in [5.41, 5.74) is 0.206. The molecule has 3 atom stereocenters. The van der Waals surface area contributed by atoms with Gasteiger partial charge >= 0.3 is 18.8 Å². The molecule has 3 amide bonds. The lowest BCUT2D eigenvalue weighted by molar-refractivity contribution is -0.305. The molecule has 3 rings (SSSR count). The molecular weight excluding hydrogens is 612 g/mol. The molecule has 16 heteroatoms. The Morgan fingerprint density at radius 2 is 1.67 bits per heavy atom. The predicted molar refractivity (Wildman–Crippen MR) is 153 cm³/mol. The van der Waals surface area contributed by atoms with Crippen molar-refractivity contribution in [2.45, 2.75) is 51.1 Å². The highest BCUT2D eigenvalue weighted by Gasteiger charge is 2.41. The predicted octanol–water partition coefficient (Wildman–Crippen LogP) is 4.64. The largest absolute Gasteiger partial charge is 0.573 e. The van der Waals surface area contributed by atoms with Crippen LogP contribution in [0.4, 0.5) is 31.1 Å². The molecular formula is C29H37F6N5O5. The maximum absolute atomic E-state index is 13.2. The van der Waals surface area contributed by atoms with Crippen molar-refractivity contribution in [3.63, 3.8) is 0 Å². The molecule has 1 aromatic rings. The number of hydrogen-bond acceptors (Lipinski definition) is 7. The molecule has 2 N–H and O–H groups in total. The minimum absolute atomic E-state index is 0.206. The Morgan fingerprint density at radius 3 is 2.29 bits per heavy atom. The number of carbonyl (C=O) groups is 2. The number of allylic oxidation sites excluding steroid dienone is 2. The number of carbonyl (C=O) groups excluding carboxylic acids is 2. The van der Waals surface area contributed by atoms with E-state index in [1.165, 1.54) is 31.2 Å². The van der Waals surface area contributed by atoms with Crippen molar-refractivity contribution >= 4 is 17.6 Å². The van der Waals surface area contributed by atoms with E-state index in [2.05, 4.69) is 41.5 Å². The maximum atomic E-state index is 13.2. The third-order valence-electron chi connectivity index (χ3n) is 7.08. The van der Waals surface area contributed by atoms with E-state index in [0.717, 1.165) is 38.3 Å². The molecule has 0 bridgehead atoms. The first-order chi connectivity index (χ1) is 21.1. The van der Waals surface area contributed by atoms with Crippen LogP contribution in [0.1, 0.15) is 26.2 Å². The number of halogens is 6. The van der Waals surface area contributed by atoms with Crippen molar-refractivity contribution in [2.24, 2.45) is 10.9 Å². The molecule has 10 nitrogen and oxygen atoms in total. The van der Waals surface area contributed by atoms with Crippen LogP contribution in [0.5, 0.6) is 11.5 Å². The van der Waals surface area contributed by atoms with Gasteiger partial charge in [0.15, 0.2) is 0 Å². The van der Waals surface area contributed by atoms with Gasteiger partial charge in [0.1, 0.15) is 23.4 Å². The number of amides is 3. The summed E-state index contributed by atoms with van der Waals surface area (Å²) in [5.74, 6) is -1.70. The van der Waals surface area contributed by atoms with Crippen molar-refractivity contribution in [3.05, 3.63) is 48.8 Å². The molecule has 1 saturated carbocycles. The van der Waals surface area contributed by atoms with E-state index in [1.54, 1.807) is 0 Å². The summed E-state index contributed by atoms with van der Waals surface area (Å²) in [5, 5.41) is 5.65. The number of benzene rings is 1. The zero-order valence-corrected chi connectivity index (χ0v) is 24.9. The second kappa shape index (κ2) is 16.0. The molecule has 2 fully saturated rings. The van der Waals surface area contributed by atoms with Gasteiger partial charge in [-0.25, -0.2) is 4.79 Å². The third kappa shape index (κ3) is 13.4. The second-order valence-corrected chi connectivity index (χ2v) is 10.8. The van der Waals surface area contributed by atoms with Gasteiger partial charge in [-0.05, 0) is 50.7 Å². The summed E-state index contributed by atoms with van der Waals surface area (Å²) in [6.45, 7) is 9.35. The first kappa shape index (κ1) is 35.7. The van der Waals surface area contributed by atoms with Crippen LogP contribution in [0.25, 0.3) is 0 Å². The van der Waals surface area contributed by atoms with Crippen molar-refractivity contribution in [1.29, 1.82) is 0 Å². The highest BCUT2D eigenvalue weighted by molar-refractivity contribution is 6.00. The minimum Gasteiger partial charge on any atom is -0.490 e. The van der Waals surface area contributed by atoms with E-state index in [-0.39, 0.29) is 36.6 Å². The molecule has 1 aliphatic heterocycles. The first-order valence-corrected chi connectivity index (χ1v) is 14.2. The van der Waals surface area contributed by atoms with E-state index in [9.17, 15) is 35.9 Å². The lowest BCUT2D eigenvalue weighted by Gasteiger charge is -2.32. The van der Waals surface area contributed by atoms with E-state index >= 15 is 0 Å². The van der Waals surface area contributed by atoms with Crippen molar-refractivity contribution < 1.29 is 50.1 Å². The van der Waals surface area contributed by atoms with Crippen LogP contribution in [0.15, 0.2) is 53.7 Å². The number of nitrogens with one attached hydrogen (secondary N) is 2. The normalized spacial score (nSPS) is 21.9. The molecule has 0 aromatic heterocycles. The summed E-state index contributed by atoms with van der Waals surface area (Å²) >= 11 is 0. The average molecular weight is 650 g/mol. The van der Waals surface area contributed by atoms with Crippen LogP contribution >= 0.6 is 0 Å². The van der Waals surface area contributed by atoms with Crippen molar-refractivity contribution in [1.82, 2.24) is 20.4 Å². The summed E-state index contributed by atoms with van der Waals surface area (Å²) in [4.78, 5) is 34.1. The van der Waals surface area contributed by atoms with Crippen molar-refractivity contribution in [3.8, 4) is 11.5 Å². The van der Waals surface area contributed by atoms with Gasteiger partial charge in [-0.3, -0.25) is 9.69 Å². The van der Waals surface area contributed by atoms with E-state index in [1.807, 2.05) is 7.05 Å². The fraction of sp³-hybridized carbons (Fsp3) is 0.552. The Hall–Kier alpha value is -3.79. The average Bonchev–Trinajstić information content (AvgIpc) is 3.30. The monoisotopic (exact) mass is 649 g/mol. The highest BCUT2D eigenvalue weighted by Crippen LogP contribution is 2.32. The standard InChI is InChI=1S/C29H37F6N5O5/c1-19(5-4-6-20(2)44-28(30,31)32)37-27(42)38-21-17-24(26(41)36-11-12-40-15-13-39(3)14-16-40)25(18-21)43-22-7-9-23(10-8-22)45-29(33,34)35/h4-5,7-10,21,24-25H,2,6,11-18H2,1,3H3,(H,36,41)(H,38,42)/b5-4-,37-19?. The third-order valence-corrected chi connectivity index (χ3v) is 7.08. The first-order valence-electron chi connectivity index (χ1n) is 14.2. The van der Waals surface area contributed by atoms with Crippen molar-refractivity contribution in [2.75, 3.05) is 46.3 Å². The molecule has 1 aliphatic carbocycles. The number of rotatable bonds is 12. The number of piperazine rings is 1. The Balaban J connectivity index is 1.60. The van der Waals surface area contributed by atoms with Crippen LogP contribution in [0.3, 0.4) is 0 Å². The summed E-state index contributed by atoms with van der Waals surface area (Å²) in [6, 6.07) is 3.53. The Morgan fingerprint density at radius 1 is 1.02 bits per heavy atom. The lowest BCUT2D eigenvalue weighted by atomic mass is 10.0. The van der Waals surface area contributed by atoms with E-state index < -0.39 is 48.3 Å². The Labute approximate surface area is 257 Å². The van der Waals surface area contributed by atoms with Crippen LogP contribution in [0.2, 0.25) is 0 Å². The van der Waals surface area contributed by atoms with Crippen LogP contribution < -0.4 is 20.1 Å². The maximum Gasteiger partial charge on any atom is 0.573 e. The van der Waals surface area contributed by atoms with E-state index in [0.29, 0.717) is 13.1 Å². The SMILES string of the molecule is C=C(C/C=C\C(C)=NC(=O)NC1CC(Oc2ccc(OC(F)(F)F)cc2)C(C(=O)NCCN2CCN(C)CC2)C1)OC(F)(F)F. The van der Waals surface area contributed by atoms with E-state index in [4.69, 9.17) is 4.74 Å². The van der Waals surface area contributed by atoms with Crippen LogP contribution in [-0.4, -0.2) is 98.6 Å². The van der Waals surface area contributed by atoms with Gasteiger partial charge in [0, 0.05) is 63.9 Å². The number of ether oxygens (including phenoxy) is 3. The zero-order chi connectivity index (χ0) is 33.2. The molecule has 0 spiro atoms. The van der Waals surface area contributed by atoms with Gasteiger partial charge in [0.25, 0.3) is 0 Å². The van der Waals surface area contributed by atoms with Gasteiger partial charge in [0.2, 0.25) is 5.91 Å². The molecule has 45 heavy (non-hydrogen) atoms. The molecule has 3 unspecified atom stereocenters. The summed E-state index contributed by atoms with van der Waals surface area (Å²) in [7, 11) is 2.05. The van der Waals surface area contributed by atoms with Crippen LogP contribution in [-0.2, 0) is 9.53 Å². The minimum atomic E-state index is -4.85. The van der Waals surface area contributed by atoms with Gasteiger partial charge < -0.3 is 29.7 Å². The molecule has 250 valence electrons. The molecule has 1 saturated heterocycles. The number of aliphatic imine (C=N–C) groups is 1. The van der Waals surface area contributed by atoms with Crippen LogP contribution in [0, 0.1) is 5.92 Å². The molecule has 0 radical (unpaired) electrons. The number of nitrogens with zero attached hydrogens (tertiary/aromatic N) is 3. The fourth-order valence-corrected chi connectivity index (χ4v) is 4.93. The highest BCUT2D eigenvalue weighted by atomic mass is 19.4. The quantitative estimate of drug-likeness (QED) is 0.193.